The lowest BCUT2D eigenvalue weighted by atomic mass is 10.0. The second kappa shape index (κ2) is 5.74. The number of halogens is 2. The minimum absolute atomic E-state index is 0.240. The first kappa shape index (κ1) is 14.1. The van der Waals surface area contributed by atoms with E-state index in [1.165, 1.54) is 5.56 Å². The number of hydrogen-bond acceptors (Lipinski definition) is 1. The molecule has 1 heterocycles. The Labute approximate surface area is 125 Å². The van der Waals surface area contributed by atoms with E-state index in [1.54, 1.807) is 0 Å². The number of carbonyl (C=O) groups excluding carboxylic acids is 1. The fourth-order valence-corrected chi connectivity index (χ4v) is 3.16. The highest BCUT2D eigenvalue weighted by Gasteiger charge is 2.31. The molecule has 98 valence electrons. The summed E-state index contributed by atoms with van der Waals surface area (Å²) in [5, 5.41) is 0.892. The molecule has 18 heavy (non-hydrogen) atoms. The molecule has 1 aromatic rings. The van der Waals surface area contributed by atoms with E-state index < -0.39 is 0 Å². The summed E-state index contributed by atoms with van der Waals surface area (Å²) in [5.41, 5.74) is 2.30. The van der Waals surface area contributed by atoms with Crippen molar-refractivity contribution in [3.05, 3.63) is 28.2 Å². The Morgan fingerprint density at radius 1 is 1.44 bits per heavy atom. The molecule has 2 nitrogen and oxygen atoms in total. The van der Waals surface area contributed by atoms with Crippen LogP contribution in [-0.4, -0.2) is 17.8 Å². The van der Waals surface area contributed by atoms with E-state index in [2.05, 4.69) is 51.8 Å². The maximum absolute atomic E-state index is 12.1. The average Bonchev–Trinajstić information content (AvgIpc) is 2.70. The van der Waals surface area contributed by atoms with Crippen LogP contribution in [0.2, 0.25) is 0 Å². The number of rotatable bonds is 3. The van der Waals surface area contributed by atoms with Gasteiger partial charge in [-0.05, 0) is 35.6 Å². The summed E-state index contributed by atoms with van der Waals surface area (Å²) in [6.07, 6.45) is 0.652. The molecule has 4 heteroatoms. The molecule has 0 bridgehead atoms. The number of hydrogen-bond donors (Lipinski definition) is 0. The van der Waals surface area contributed by atoms with Gasteiger partial charge in [0.05, 0.1) is 0 Å². The Balaban J connectivity index is 2.36. The predicted octanol–water partition coefficient (Wildman–Crippen LogP) is 4.32. The Morgan fingerprint density at radius 2 is 2.17 bits per heavy atom. The molecule has 0 radical (unpaired) electrons. The normalized spacial score (nSPS) is 19.9. The number of amides is 1. The third-order valence-corrected chi connectivity index (χ3v) is 4.73. The van der Waals surface area contributed by atoms with Gasteiger partial charge in [-0.1, -0.05) is 45.7 Å². The van der Waals surface area contributed by atoms with Gasteiger partial charge < -0.3 is 4.90 Å². The topological polar surface area (TPSA) is 20.3 Å². The Morgan fingerprint density at radius 3 is 2.72 bits per heavy atom. The van der Waals surface area contributed by atoms with Crippen LogP contribution in [0.5, 0.6) is 0 Å². The van der Waals surface area contributed by atoms with Crippen LogP contribution in [-0.2, 0) is 4.79 Å². The number of carbonyl (C=O) groups is 1. The molecule has 1 fully saturated rings. The smallest absolute Gasteiger partial charge is 0.227 e. The van der Waals surface area contributed by atoms with Crippen molar-refractivity contribution in [2.45, 2.75) is 26.2 Å². The van der Waals surface area contributed by atoms with Gasteiger partial charge in [0.2, 0.25) is 5.91 Å². The summed E-state index contributed by atoms with van der Waals surface area (Å²) >= 11 is 6.98. The third-order valence-electron chi connectivity index (χ3n) is 3.33. The average molecular weight is 375 g/mol. The van der Waals surface area contributed by atoms with Crippen molar-refractivity contribution < 1.29 is 4.79 Å². The van der Waals surface area contributed by atoms with Gasteiger partial charge in [0.15, 0.2) is 0 Å². The van der Waals surface area contributed by atoms with Gasteiger partial charge in [-0.15, -0.1) is 0 Å². The van der Waals surface area contributed by atoms with Gasteiger partial charge in [-0.3, -0.25) is 4.79 Å². The maximum atomic E-state index is 12.1. The largest absolute Gasteiger partial charge is 0.312 e. The molecule has 0 N–H and O–H groups in total. The summed E-state index contributed by atoms with van der Waals surface area (Å²) in [7, 11) is 0. The fraction of sp³-hybridized carbons (Fsp3) is 0.500. The number of nitrogens with zero attached hydrogens (tertiary/aromatic N) is 1. The minimum atomic E-state index is 0.240. The van der Waals surface area contributed by atoms with Crippen molar-refractivity contribution in [1.82, 2.24) is 0 Å². The zero-order chi connectivity index (χ0) is 13.3. The standard InChI is InChI=1S/C14H17Br2NO/c1-9(2)12-6-11(16)3-4-13(12)17-8-10(7-15)5-14(17)18/h3-4,6,9-10H,5,7-8H2,1-2H3. The van der Waals surface area contributed by atoms with Crippen molar-refractivity contribution in [2.24, 2.45) is 5.92 Å². The zero-order valence-electron chi connectivity index (χ0n) is 10.6. The van der Waals surface area contributed by atoms with Crippen LogP contribution < -0.4 is 4.90 Å². The second-order valence-electron chi connectivity index (χ2n) is 5.09. The molecule has 1 atom stereocenters. The van der Waals surface area contributed by atoms with Crippen LogP contribution >= 0.6 is 31.9 Å². The lowest BCUT2D eigenvalue weighted by molar-refractivity contribution is -0.117. The Kier molecular flexibility index (Phi) is 4.49. The van der Waals surface area contributed by atoms with Crippen LogP contribution in [0.4, 0.5) is 5.69 Å². The molecule has 0 saturated carbocycles. The van der Waals surface area contributed by atoms with Crippen LogP contribution in [0.15, 0.2) is 22.7 Å². The van der Waals surface area contributed by atoms with Crippen LogP contribution in [0.25, 0.3) is 0 Å². The van der Waals surface area contributed by atoms with Crippen molar-refractivity contribution in [3.63, 3.8) is 0 Å². The van der Waals surface area contributed by atoms with Gasteiger partial charge in [-0.25, -0.2) is 0 Å². The van der Waals surface area contributed by atoms with Crippen molar-refractivity contribution in [2.75, 3.05) is 16.8 Å². The van der Waals surface area contributed by atoms with Crippen molar-refractivity contribution in [3.8, 4) is 0 Å². The molecule has 2 rings (SSSR count). The molecule has 1 aromatic carbocycles. The first-order chi connectivity index (χ1) is 8.52. The summed E-state index contributed by atoms with van der Waals surface area (Å²) in [5.74, 6) is 1.08. The molecule has 1 amide bonds. The van der Waals surface area contributed by atoms with Crippen LogP contribution in [0, 0.1) is 5.92 Å². The second-order valence-corrected chi connectivity index (χ2v) is 6.65. The van der Waals surface area contributed by atoms with E-state index in [0.717, 1.165) is 22.0 Å². The highest BCUT2D eigenvalue weighted by atomic mass is 79.9. The van der Waals surface area contributed by atoms with E-state index in [-0.39, 0.29) is 5.91 Å². The van der Waals surface area contributed by atoms with Gasteiger partial charge in [0, 0.05) is 28.5 Å². The number of alkyl halides is 1. The molecule has 0 aromatic heterocycles. The molecule has 1 aliphatic rings. The van der Waals surface area contributed by atoms with Crippen LogP contribution in [0.3, 0.4) is 0 Å². The molecular formula is C14H17Br2NO. The monoisotopic (exact) mass is 373 g/mol. The van der Waals surface area contributed by atoms with Gasteiger partial charge in [-0.2, -0.15) is 0 Å². The van der Waals surface area contributed by atoms with E-state index >= 15 is 0 Å². The van der Waals surface area contributed by atoms with Crippen molar-refractivity contribution in [1.29, 1.82) is 0 Å². The summed E-state index contributed by atoms with van der Waals surface area (Å²) in [4.78, 5) is 14.0. The molecular weight excluding hydrogens is 358 g/mol. The van der Waals surface area contributed by atoms with Crippen molar-refractivity contribution >= 4 is 43.5 Å². The third kappa shape index (κ3) is 2.80. The highest BCUT2D eigenvalue weighted by Crippen LogP contribution is 2.34. The van der Waals surface area contributed by atoms with Gasteiger partial charge in [0.25, 0.3) is 0 Å². The quantitative estimate of drug-likeness (QED) is 0.721. The molecule has 1 unspecified atom stereocenters. The minimum Gasteiger partial charge on any atom is -0.312 e. The Bertz CT molecular complexity index is 459. The number of anilines is 1. The SMILES string of the molecule is CC(C)c1cc(Br)ccc1N1CC(CBr)CC1=O. The summed E-state index contributed by atoms with van der Waals surface area (Å²) < 4.78 is 1.07. The highest BCUT2D eigenvalue weighted by molar-refractivity contribution is 9.10. The number of benzene rings is 1. The lowest BCUT2D eigenvalue weighted by Crippen LogP contribution is -2.26. The van der Waals surface area contributed by atoms with E-state index in [9.17, 15) is 4.79 Å². The maximum Gasteiger partial charge on any atom is 0.227 e. The molecule has 0 spiro atoms. The van der Waals surface area contributed by atoms with Gasteiger partial charge in [0.1, 0.15) is 0 Å². The van der Waals surface area contributed by atoms with Gasteiger partial charge >= 0.3 is 0 Å². The Hall–Kier alpha value is -0.350. The predicted molar refractivity (Wildman–Crippen MR) is 82.5 cm³/mol. The lowest BCUT2D eigenvalue weighted by Gasteiger charge is -2.22. The molecule has 1 saturated heterocycles. The summed E-state index contributed by atoms with van der Waals surface area (Å²) in [6, 6.07) is 6.18. The van der Waals surface area contributed by atoms with E-state index in [0.29, 0.717) is 18.3 Å². The van der Waals surface area contributed by atoms with E-state index in [4.69, 9.17) is 0 Å². The van der Waals surface area contributed by atoms with Crippen LogP contribution in [0.1, 0.15) is 31.7 Å². The first-order valence-electron chi connectivity index (χ1n) is 6.18. The molecule has 1 aliphatic heterocycles. The zero-order valence-corrected chi connectivity index (χ0v) is 13.8. The van der Waals surface area contributed by atoms with E-state index in [1.807, 2.05) is 17.0 Å². The molecule has 0 aliphatic carbocycles. The summed E-state index contributed by atoms with van der Waals surface area (Å²) in [6.45, 7) is 5.15. The fourth-order valence-electron chi connectivity index (χ4n) is 2.35. The first-order valence-corrected chi connectivity index (χ1v) is 8.10.